The van der Waals surface area contributed by atoms with E-state index in [1.54, 1.807) is 17.8 Å². The fraction of sp³-hybridized carbons (Fsp3) is 0.588. The van der Waals surface area contributed by atoms with Crippen molar-refractivity contribution in [3.05, 3.63) is 29.2 Å². The van der Waals surface area contributed by atoms with E-state index in [0.717, 1.165) is 43.0 Å². The summed E-state index contributed by atoms with van der Waals surface area (Å²) < 4.78 is 7.12. The molecule has 1 aliphatic rings. The van der Waals surface area contributed by atoms with Gasteiger partial charge in [0, 0.05) is 31.3 Å². The summed E-state index contributed by atoms with van der Waals surface area (Å²) in [6.45, 7) is 6.99. The molecule has 1 amide bonds. The summed E-state index contributed by atoms with van der Waals surface area (Å²) in [4.78, 5) is 17.0. The Morgan fingerprint density at radius 1 is 1.42 bits per heavy atom. The van der Waals surface area contributed by atoms with E-state index in [1.165, 1.54) is 0 Å². The summed E-state index contributed by atoms with van der Waals surface area (Å²) in [7, 11) is 1.72. The SMILES string of the molecule is COCC1(CNC(=O)c2cnc3cc(C)nn3c2C)CCNCC1. The number of ether oxygens (including phenoxy) is 1. The number of aromatic nitrogens is 3. The molecule has 1 aliphatic heterocycles. The third-order valence-electron chi connectivity index (χ3n) is 4.83. The molecule has 0 aromatic carbocycles. The van der Waals surface area contributed by atoms with Crippen LogP contribution in [0.4, 0.5) is 0 Å². The molecule has 3 heterocycles. The van der Waals surface area contributed by atoms with Crippen molar-refractivity contribution in [1.29, 1.82) is 0 Å². The molecule has 0 bridgehead atoms. The Kier molecular flexibility index (Phi) is 4.82. The van der Waals surface area contributed by atoms with E-state index in [1.807, 2.05) is 19.9 Å². The van der Waals surface area contributed by atoms with Crippen molar-refractivity contribution in [3.63, 3.8) is 0 Å². The second kappa shape index (κ2) is 6.86. The van der Waals surface area contributed by atoms with Gasteiger partial charge in [-0.2, -0.15) is 5.10 Å². The van der Waals surface area contributed by atoms with Gasteiger partial charge in [0.15, 0.2) is 5.65 Å². The Labute approximate surface area is 141 Å². The smallest absolute Gasteiger partial charge is 0.254 e. The number of nitrogens with one attached hydrogen (secondary N) is 2. The van der Waals surface area contributed by atoms with E-state index in [9.17, 15) is 4.79 Å². The summed E-state index contributed by atoms with van der Waals surface area (Å²) in [5.41, 5.74) is 3.01. The molecule has 0 radical (unpaired) electrons. The Bertz CT molecular complexity index is 728. The number of aryl methyl sites for hydroxylation is 2. The van der Waals surface area contributed by atoms with Crippen LogP contribution in [0.2, 0.25) is 0 Å². The second-order valence-corrected chi connectivity index (χ2v) is 6.68. The molecular formula is C17H25N5O2. The zero-order chi connectivity index (χ0) is 17.2. The normalized spacial score (nSPS) is 17.1. The lowest BCUT2D eigenvalue weighted by atomic mass is 9.79. The largest absolute Gasteiger partial charge is 0.384 e. The van der Waals surface area contributed by atoms with Gasteiger partial charge in [-0.3, -0.25) is 4.79 Å². The molecular weight excluding hydrogens is 306 g/mol. The van der Waals surface area contributed by atoms with Crippen LogP contribution in [-0.2, 0) is 4.74 Å². The number of hydrogen-bond acceptors (Lipinski definition) is 5. The van der Waals surface area contributed by atoms with Crippen LogP contribution >= 0.6 is 0 Å². The van der Waals surface area contributed by atoms with Crippen LogP contribution < -0.4 is 10.6 Å². The number of rotatable bonds is 5. The van der Waals surface area contributed by atoms with E-state index >= 15 is 0 Å². The van der Waals surface area contributed by atoms with Crippen molar-refractivity contribution in [2.24, 2.45) is 5.41 Å². The number of nitrogens with zero attached hydrogens (tertiary/aromatic N) is 3. The van der Waals surface area contributed by atoms with E-state index in [2.05, 4.69) is 20.7 Å². The molecule has 0 saturated carbocycles. The summed E-state index contributed by atoms with van der Waals surface area (Å²) in [6.07, 6.45) is 3.62. The van der Waals surface area contributed by atoms with E-state index < -0.39 is 0 Å². The van der Waals surface area contributed by atoms with Crippen molar-refractivity contribution in [3.8, 4) is 0 Å². The lowest BCUT2D eigenvalue weighted by Crippen LogP contribution is -2.47. The molecule has 2 aromatic heterocycles. The van der Waals surface area contributed by atoms with Gasteiger partial charge in [0.05, 0.1) is 23.6 Å². The minimum Gasteiger partial charge on any atom is -0.384 e. The molecule has 3 rings (SSSR count). The number of piperidine rings is 1. The minimum absolute atomic E-state index is 0.00336. The lowest BCUT2D eigenvalue weighted by molar-refractivity contribution is 0.0511. The average Bonchev–Trinajstić information content (AvgIpc) is 2.96. The maximum Gasteiger partial charge on any atom is 0.254 e. The highest BCUT2D eigenvalue weighted by Gasteiger charge is 2.32. The molecule has 24 heavy (non-hydrogen) atoms. The fourth-order valence-corrected chi connectivity index (χ4v) is 3.38. The van der Waals surface area contributed by atoms with Crippen LogP contribution in [0.5, 0.6) is 0 Å². The van der Waals surface area contributed by atoms with Crippen LogP contribution in [-0.4, -0.2) is 53.9 Å². The Hall–Kier alpha value is -1.99. The van der Waals surface area contributed by atoms with Gasteiger partial charge in [-0.1, -0.05) is 0 Å². The number of carbonyl (C=O) groups excluding carboxylic acids is 1. The maximum atomic E-state index is 12.7. The first kappa shape index (κ1) is 16.9. The highest BCUT2D eigenvalue weighted by molar-refractivity contribution is 5.95. The molecule has 7 nitrogen and oxygen atoms in total. The zero-order valence-electron chi connectivity index (χ0n) is 14.6. The van der Waals surface area contributed by atoms with Crippen LogP contribution in [0.25, 0.3) is 5.65 Å². The average molecular weight is 331 g/mol. The molecule has 130 valence electrons. The van der Waals surface area contributed by atoms with Crippen molar-refractivity contribution < 1.29 is 9.53 Å². The van der Waals surface area contributed by atoms with Crippen LogP contribution in [0.1, 0.15) is 34.6 Å². The Balaban J connectivity index is 1.75. The number of hydrogen-bond donors (Lipinski definition) is 2. The third-order valence-corrected chi connectivity index (χ3v) is 4.83. The third kappa shape index (κ3) is 3.27. The van der Waals surface area contributed by atoms with Gasteiger partial charge >= 0.3 is 0 Å². The monoisotopic (exact) mass is 331 g/mol. The van der Waals surface area contributed by atoms with E-state index in [-0.39, 0.29) is 11.3 Å². The van der Waals surface area contributed by atoms with E-state index in [0.29, 0.717) is 18.7 Å². The molecule has 0 aliphatic carbocycles. The standard InChI is InChI=1S/C17H25N5O2/c1-12-8-15-19-9-14(13(2)22(15)21-12)16(23)20-10-17(11-24-3)4-6-18-7-5-17/h8-9,18H,4-7,10-11H2,1-3H3,(H,20,23). The molecule has 0 spiro atoms. The molecule has 7 heteroatoms. The topological polar surface area (TPSA) is 80.5 Å². The highest BCUT2D eigenvalue weighted by Crippen LogP contribution is 2.28. The summed E-state index contributed by atoms with van der Waals surface area (Å²) in [6, 6.07) is 1.90. The first-order chi connectivity index (χ1) is 11.5. The molecule has 0 atom stereocenters. The van der Waals surface area contributed by atoms with Gasteiger partial charge in [-0.05, 0) is 39.8 Å². The summed E-state index contributed by atoms with van der Waals surface area (Å²) >= 11 is 0. The number of methoxy groups -OCH3 is 1. The fourth-order valence-electron chi connectivity index (χ4n) is 3.38. The first-order valence-corrected chi connectivity index (χ1v) is 8.34. The van der Waals surface area contributed by atoms with Crippen molar-refractivity contribution in [2.45, 2.75) is 26.7 Å². The van der Waals surface area contributed by atoms with Gasteiger partial charge in [0.25, 0.3) is 5.91 Å². The maximum absolute atomic E-state index is 12.7. The lowest BCUT2D eigenvalue weighted by Gasteiger charge is -2.37. The molecule has 0 unspecified atom stereocenters. The first-order valence-electron chi connectivity index (χ1n) is 8.34. The quantitative estimate of drug-likeness (QED) is 0.857. The van der Waals surface area contributed by atoms with Gasteiger partial charge < -0.3 is 15.4 Å². The van der Waals surface area contributed by atoms with Crippen LogP contribution in [0.3, 0.4) is 0 Å². The van der Waals surface area contributed by atoms with Crippen LogP contribution in [0, 0.1) is 19.3 Å². The number of carbonyl (C=O) groups is 1. The highest BCUT2D eigenvalue weighted by atomic mass is 16.5. The van der Waals surface area contributed by atoms with Crippen LogP contribution in [0.15, 0.2) is 12.3 Å². The zero-order valence-corrected chi connectivity index (χ0v) is 14.6. The van der Waals surface area contributed by atoms with Gasteiger partial charge in [-0.15, -0.1) is 0 Å². The second-order valence-electron chi connectivity index (χ2n) is 6.68. The van der Waals surface area contributed by atoms with E-state index in [4.69, 9.17) is 4.74 Å². The molecule has 2 aromatic rings. The van der Waals surface area contributed by atoms with Gasteiger partial charge in [0.2, 0.25) is 0 Å². The summed E-state index contributed by atoms with van der Waals surface area (Å²) in [5.74, 6) is -0.107. The summed E-state index contributed by atoms with van der Waals surface area (Å²) in [5, 5.41) is 10.8. The molecule has 1 fully saturated rings. The molecule has 1 saturated heterocycles. The van der Waals surface area contributed by atoms with Gasteiger partial charge in [-0.25, -0.2) is 9.50 Å². The number of fused-ring (bicyclic) bond motifs is 1. The van der Waals surface area contributed by atoms with Crippen molar-refractivity contribution in [2.75, 3.05) is 33.4 Å². The minimum atomic E-state index is -0.107. The van der Waals surface area contributed by atoms with Crippen molar-refractivity contribution in [1.82, 2.24) is 25.2 Å². The molecule has 2 N–H and O–H groups in total. The predicted octanol–water partition coefficient (Wildman–Crippen LogP) is 1.09. The Morgan fingerprint density at radius 2 is 2.17 bits per heavy atom. The number of amides is 1. The van der Waals surface area contributed by atoms with Gasteiger partial charge in [0.1, 0.15) is 0 Å². The van der Waals surface area contributed by atoms with Crippen molar-refractivity contribution >= 4 is 11.6 Å². The Morgan fingerprint density at radius 3 is 2.88 bits per heavy atom. The predicted molar refractivity (Wildman–Crippen MR) is 91.2 cm³/mol.